The number of rotatable bonds is 5. The molecule has 0 saturated heterocycles. The smallest absolute Gasteiger partial charge is 0.0702 e. The Morgan fingerprint density at radius 2 is 0.841 bits per heavy atom. The van der Waals surface area contributed by atoms with Gasteiger partial charge in [0.25, 0.3) is 0 Å². The molecule has 6 aromatic carbocycles. The third-order valence-corrected chi connectivity index (χ3v) is 8.41. The Hall–Kier alpha value is -5.86. The van der Waals surface area contributed by atoms with Crippen LogP contribution in [0.25, 0.3) is 77.3 Å². The Bertz CT molecular complexity index is 2260. The van der Waals surface area contributed by atoms with Crippen molar-refractivity contribution in [2.24, 2.45) is 0 Å². The normalized spacial score (nSPS) is 11.2. The Labute approximate surface area is 257 Å². The third kappa shape index (κ3) is 4.63. The molecule has 206 valence electrons. The van der Waals surface area contributed by atoms with Gasteiger partial charge < -0.3 is 0 Å². The Morgan fingerprint density at radius 1 is 0.295 bits per heavy atom. The van der Waals surface area contributed by atoms with Crippen LogP contribution in [0.3, 0.4) is 0 Å². The molecule has 2 aromatic heterocycles. The van der Waals surface area contributed by atoms with E-state index in [4.69, 9.17) is 0 Å². The van der Waals surface area contributed by atoms with Gasteiger partial charge in [0.15, 0.2) is 0 Å². The van der Waals surface area contributed by atoms with Crippen LogP contribution in [0.1, 0.15) is 0 Å². The van der Waals surface area contributed by atoms with Crippen LogP contribution in [0.5, 0.6) is 0 Å². The summed E-state index contributed by atoms with van der Waals surface area (Å²) in [7, 11) is 0. The van der Waals surface area contributed by atoms with Crippen LogP contribution < -0.4 is 0 Å². The van der Waals surface area contributed by atoms with Gasteiger partial charge in [-0.2, -0.15) is 0 Å². The maximum Gasteiger partial charge on any atom is 0.0702 e. The third-order valence-electron chi connectivity index (χ3n) is 8.41. The molecular weight excluding hydrogens is 532 g/mol. The van der Waals surface area contributed by atoms with Crippen molar-refractivity contribution >= 4 is 21.5 Å². The molecule has 2 heterocycles. The average molecular weight is 561 g/mol. The van der Waals surface area contributed by atoms with Crippen molar-refractivity contribution in [2.45, 2.75) is 0 Å². The number of benzene rings is 6. The van der Waals surface area contributed by atoms with Crippen molar-refractivity contribution in [3.8, 4) is 55.8 Å². The number of aromatic nitrogens is 2. The lowest BCUT2D eigenvalue weighted by molar-refractivity contribution is 1.33. The molecule has 0 aliphatic carbocycles. The van der Waals surface area contributed by atoms with Gasteiger partial charge in [-0.15, -0.1) is 0 Å². The van der Waals surface area contributed by atoms with E-state index in [1.165, 1.54) is 60.5 Å². The average Bonchev–Trinajstić information content (AvgIpc) is 3.11. The largest absolute Gasteiger partial charge is 0.265 e. The lowest BCUT2D eigenvalue weighted by Gasteiger charge is -2.19. The molecule has 44 heavy (non-hydrogen) atoms. The predicted molar refractivity (Wildman–Crippen MR) is 184 cm³/mol. The monoisotopic (exact) mass is 560 g/mol. The first kappa shape index (κ1) is 25.8. The molecule has 0 amide bonds. The van der Waals surface area contributed by atoms with Gasteiger partial charge in [0, 0.05) is 24.2 Å². The van der Waals surface area contributed by atoms with Gasteiger partial charge >= 0.3 is 0 Å². The molecule has 8 rings (SSSR count). The standard InChI is InChI=1S/C42H28N2/c1-2-10-29(11-3-1)32-19-20-38-39(28-32)42(35-15-9-13-33(27-35)40-18-6-7-23-44-40)37-17-5-4-16-36(37)41(38)34-14-8-12-31(26-34)30-21-24-43-25-22-30/h1-28H. The van der Waals surface area contributed by atoms with E-state index in [9.17, 15) is 0 Å². The first-order chi connectivity index (χ1) is 21.8. The number of hydrogen-bond acceptors (Lipinski definition) is 2. The minimum Gasteiger partial charge on any atom is -0.265 e. The summed E-state index contributed by atoms with van der Waals surface area (Å²) in [6.07, 6.45) is 5.56. The Balaban J connectivity index is 1.45. The van der Waals surface area contributed by atoms with Gasteiger partial charge in [-0.1, -0.05) is 109 Å². The molecule has 0 radical (unpaired) electrons. The van der Waals surface area contributed by atoms with Crippen LogP contribution in [0.2, 0.25) is 0 Å². The number of nitrogens with zero attached hydrogens (tertiary/aromatic N) is 2. The second kappa shape index (κ2) is 11.1. The van der Waals surface area contributed by atoms with E-state index in [1.54, 1.807) is 0 Å². The lowest BCUT2D eigenvalue weighted by atomic mass is 9.84. The van der Waals surface area contributed by atoms with E-state index >= 15 is 0 Å². The van der Waals surface area contributed by atoms with E-state index in [-0.39, 0.29) is 0 Å². The van der Waals surface area contributed by atoms with Crippen LogP contribution in [0, 0.1) is 0 Å². The fraction of sp³-hybridized carbons (Fsp3) is 0. The zero-order valence-corrected chi connectivity index (χ0v) is 24.1. The zero-order valence-electron chi connectivity index (χ0n) is 24.1. The van der Waals surface area contributed by atoms with Gasteiger partial charge in [0.2, 0.25) is 0 Å². The van der Waals surface area contributed by atoms with Crippen molar-refractivity contribution in [1.29, 1.82) is 0 Å². The summed E-state index contributed by atoms with van der Waals surface area (Å²) in [5.74, 6) is 0. The quantitative estimate of drug-likeness (QED) is 0.196. The number of hydrogen-bond donors (Lipinski definition) is 0. The van der Waals surface area contributed by atoms with Crippen LogP contribution in [0.4, 0.5) is 0 Å². The molecule has 2 heteroatoms. The molecule has 0 fully saturated rings. The van der Waals surface area contributed by atoms with Crippen molar-refractivity contribution < 1.29 is 0 Å². The van der Waals surface area contributed by atoms with Crippen LogP contribution >= 0.6 is 0 Å². The summed E-state index contributed by atoms with van der Waals surface area (Å²) in [5.41, 5.74) is 11.7. The number of fused-ring (bicyclic) bond motifs is 2. The molecular formula is C42H28N2. The first-order valence-corrected chi connectivity index (χ1v) is 14.9. The molecule has 0 spiro atoms. The van der Waals surface area contributed by atoms with Crippen LogP contribution in [-0.4, -0.2) is 9.97 Å². The second-order valence-corrected chi connectivity index (χ2v) is 11.0. The highest BCUT2D eigenvalue weighted by Crippen LogP contribution is 2.45. The minimum atomic E-state index is 0.970. The molecule has 0 unspecified atom stereocenters. The summed E-state index contributed by atoms with van der Waals surface area (Å²) in [5, 5.41) is 4.92. The molecule has 0 bridgehead atoms. The summed E-state index contributed by atoms with van der Waals surface area (Å²) in [6.45, 7) is 0. The van der Waals surface area contributed by atoms with Crippen LogP contribution in [0.15, 0.2) is 170 Å². The van der Waals surface area contributed by atoms with Gasteiger partial charge in [-0.25, -0.2) is 0 Å². The Kier molecular flexibility index (Phi) is 6.51. The topological polar surface area (TPSA) is 25.8 Å². The van der Waals surface area contributed by atoms with E-state index in [1.807, 2.05) is 30.7 Å². The van der Waals surface area contributed by atoms with Gasteiger partial charge in [0.1, 0.15) is 0 Å². The SMILES string of the molecule is c1ccc(-c2ccc3c(-c4cccc(-c5ccncc5)c4)c4ccccc4c(-c4cccc(-c5ccccn5)c4)c3c2)cc1. The summed E-state index contributed by atoms with van der Waals surface area (Å²) < 4.78 is 0. The molecule has 0 N–H and O–H groups in total. The molecule has 0 aliphatic heterocycles. The van der Waals surface area contributed by atoms with Crippen molar-refractivity contribution in [2.75, 3.05) is 0 Å². The predicted octanol–water partition coefficient (Wildman–Crippen LogP) is 11.1. The van der Waals surface area contributed by atoms with Gasteiger partial charge in [0.05, 0.1) is 5.69 Å². The summed E-state index contributed by atoms with van der Waals surface area (Å²) in [4.78, 5) is 8.87. The van der Waals surface area contributed by atoms with E-state index < -0.39 is 0 Å². The number of pyridine rings is 2. The van der Waals surface area contributed by atoms with Crippen molar-refractivity contribution in [3.63, 3.8) is 0 Å². The minimum absolute atomic E-state index is 0.970. The highest BCUT2D eigenvalue weighted by atomic mass is 14.7. The summed E-state index contributed by atoms with van der Waals surface area (Å²) in [6, 6.07) is 54.3. The first-order valence-electron chi connectivity index (χ1n) is 14.9. The fourth-order valence-corrected chi connectivity index (χ4v) is 6.38. The molecule has 0 atom stereocenters. The highest BCUT2D eigenvalue weighted by molar-refractivity contribution is 6.22. The second-order valence-electron chi connectivity index (χ2n) is 11.0. The Morgan fingerprint density at radius 3 is 1.57 bits per heavy atom. The van der Waals surface area contributed by atoms with Gasteiger partial charge in [-0.3, -0.25) is 9.97 Å². The van der Waals surface area contributed by atoms with Gasteiger partial charge in [-0.05, 0) is 109 Å². The van der Waals surface area contributed by atoms with E-state index in [0.717, 1.165) is 16.8 Å². The van der Waals surface area contributed by atoms with Crippen molar-refractivity contribution in [3.05, 3.63) is 170 Å². The van der Waals surface area contributed by atoms with Crippen molar-refractivity contribution in [1.82, 2.24) is 9.97 Å². The molecule has 0 aliphatic rings. The van der Waals surface area contributed by atoms with E-state index in [2.05, 4.69) is 149 Å². The highest BCUT2D eigenvalue weighted by Gasteiger charge is 2.18. The zero-order chi connectivity index (χ0) is 29.3. The lowest BCUT2D eigenvalue weighted by Crippen LogP contribution is -1.93. The van der Waals surface area contributed by atoms with Crippen LogP contribution in [-0.2, 0) is 0 Å². The maximum atomic E-state index is 4.65. The molecule has 8 aromatic rings. The summed E-state index contributed by atoms with van der Waals surface area (Å²) >= 11 is 0. The van der Waals surface area contributed by atoms with E-state index in [0.29, 0.717) is 0 Å². The molecule has 0 saturated carbocycles. The molecule has 2 nitrogen and oxygen atoms in total. The fourth-order valence-electron chi connectivity index (χ4n) is 6.38. The maximum absolute atomic E-state index is 4.65.